The number of likely N-dealkylation sites (tertiary alicyclic amines) is 1. The summed E-state index contributed by atoms with van der Waals surface area (Å²) in [5.41, 5.74) is 0.787. The van der Waals surface area contributed by atoms with Gasteiger partial charge in [-0.1, -0.05) is 12.1 Å². The van der Waals surface area contributed by atoms with Gasteiger partial charge >= 0.3 is 5.97 Å². The number of carboxylic acids is 1. The summed E-state index contributed by atoms with van der Waals surface area (Å²) in [5.74, 6) is -1.13. The molecule has 1 N–H and O–H groups in total. The van der Waals surface area contributed by atoms with Crippen LogP contribution in [-0.4, -0.2) is 36.0 Å². The van der Waals surface area contributed by atoms with E-state index in [0.29, 0.717) is 5.75 Å². The van der Waals surface area contributed by atoms with E-state index in [0.717, 1.165) is 5.56 Å². The summed E-state index contributed by atoms with van der Waals surface area (Å²) < 4.78 is 5.12. The predicted molar refractivity (Wildman–Crippen MR) is 64.2 cm³/mol. The maximum atomic E-state index is 11.7. The van der Waals surface area contributed by atoms with Crippen molar-refractivity contribution in [1.29, 1.82) is 0 Å². The Hall–Kier alpha value is -2.04. The standard InChI is InChI=1S/C13H15NO4/c1-14-11(15)7-10(13(16)17)12(14)8-4-3-5-9(6-8)18-2/h3-6,10,12H,7H2,1-2H3,(H,16,17)/t10-,12+/m0/s1. The molecule has 0 bridgehead atoms. The molecule has 1 aliphatic heterocycles. The van der Waals surface area contributed by atoms with Gasteiger partial charge in [0.1, 0.15) is 5.75 Å². The highest BCUT2D eigenvalue weighted by atomic mass is 16.5. The third-order valence-electron chi connectivity index (χ3n) is 3.34. The third kappa shape index (κ3) is 2.03. The molecule has 5 heteroatoms. The van der Waals surface area contributed by atoms with Crippen LogP contribution in [0.1, 0.15) is 18.0 Å². The molecule has 96 valence electrons. The zero-order valence-corrected chi connectivity index (χ0v) is 10.3. The molecule has 1 aromatic rings. The highest BCUT2D eigenvalue weighted by Gasteiger charge is 2.42. The molecule has 0 aliphatic carbocycles. The summed E-state index contributed by atoms with van der Waals surface area (Å²) >= 11 is 0. The SMILES string of the molecule is COc1cccc([C@@H]2[C@@H](C(=O)O)CC(=O)N2C)c1. The summed E-state index contributed by atoms with van der Waals surface area (Å²) in [6.07, 6.45) is 0.0493. The molecule has 18 heavy (non-hydrogen) atoms. The van der Waals surface area contributed by atoms with Gasteiger partial charge in [-0.15, -0.1) is 0 Å². The molecule has 1 heterocycles. The quantitative estimate of drug-likeness (QED) is 0.876. The van der Waals surface area contributed by atoms with E-state index >= 15 is 0 Å². The second kappa shape index (κ2) is 4.68. The fourth-order valence-corrected chi connectivity index (χ4v) is 2.37. The van der Waals surface area contributed by atoms with E-state index in [4.69, 9.17) is 4.74 Å². The Labute approximate surface area is 105 Å². The monoisotopic (exact) mass is 249 g/mol. The summed E-state index contributed by atoms with van der Waals surface area (Å²) in [6, 6.07) is 6.75. The normalized spacial score (nSPS) is 23.2. The second-order valence-corrected chi connectivity index (χ2v) is 4.37. The molecule has 2 atom stereocenters. The molecule has 1 aromatic carbocycles. The van der Waals surface area contributed by atoms with Gasteiger partial charge in [0.25, 0.3) is 0 Å². The number of carbonyl (C=O) groups is 2. The summed E-state index contributed by atoms with van der Waals surface area (Å²) in [4.78, 5) is 24.4. The molecular formula is C13H15NO4. The minimum Gasteiger partial charge on any atom is -0.497 e. The predicted octanol–water partition coefficient (Wildman–Crippen LogP) is 1.30. The fourth-order valence-electron chi connectivity index (χ4n) is 2.37. The van der Waals surface area contributed by atoms with Crippen LogP contribution in [0.3, 0.4) is 0 Å². The van der Waals surface area contributed by atoms with Crippen LogP contribution < -0.4 is 4.74 Å². The number of nitrogens with zero attached hydrogens (tertiary/aromatic N) is 1. The minimum atomic E-state index is -0.944. The number of carboxylic acid groups (broad SMARTS) is 1. The highest BCUT2D eigenvalue weighted by Crippen LogP contribution is 2.37. The lowest BCUT2D eigenvalue weighted by Gasteiger charge is -2.23. The molecule has 1 aliphatic rings. The third-order valence-corrected chi connectivity index (χ3v) is 3.34. The summed E-state index contributed by atoms with van der Waals surface area (Å²) in [6.45, 7) is 0. The van der Waals surface area contributed by atoms with Crippen LogP contribution in [0.5, 0.6) is 5.75 Å². The first-order valence-electron chi connectivity index (χ1n) is 5.67. The Morgan fingerprint density at radius 1 is 1.50 bits per heavy atom. The van der Waals surface area contributed by atoms with E-state index in [-0.39, 0.29) is 12.3 Å². The number of hydrogen-bond donors (Lipinski definition) is 1. The maximum Gasteiger partial charge on any atom is 0.309 e. The lowest BCUT2D eigenvalue weighted by molar-refractivity contribution is -0.142. The highest BCUT2D eigenvalue weighted by molar-refractivity contribution is 5.87. The first-order chi connectivity index (χ1) is 8.54. The van der Waals surface area contributed by atoms with Crippen molar-refractivity contribution in [3.8, 4) is 5.75 Å². The average molecular weight is 249 g/mol. The van der Waals surface area contributed by atoms with Crippen LogP contribution in [0.15, 0.2) is 24.3 Å². The van der Waals surface area contributed by atoms with Crippen LogP contribution in [0, 0.1) is 5.92 Å². The first kappa shape index (κ1) is 12.4. The van der Waals surface area contributed by atoms with Crippen molar-refractivity contribution in [3.63, 3.8) is 0 Å². The van der Waals surface area contributed by atoms with Crippen LogP contribution in [-0.2, 0) is 9.59 Å². The molecule has 0 aromatic heterocycles. The van der Waals surface area contributed by atoms with Crippen LogP contribution >= 0.6 is 0 Å². The smallest absolute Gasteiger partial charge is 0.309 e. The molecule has 0 spiro atoms. The Kier molecular flexibility index (Phi) is 3.23. The molecule has 0 unspecified atom stereocenters. The van der Waals surface area contributed by atoms with Gasteiger partial charge in [0, 0.05) is 13.5 Å². The number of aliphatic carboxylic acids is 1. The Morgan fingerprint density at radius 3 is 2.83 bits per heavy atom. The van der Waals surface area contributed by atoms with Crippen molar-refractivity contribution >= 4 is 11.9 Å². The number of hydrogen-bond acceptors (Lipinski definition) is 3. The van der Waals surface area contributed by atoms with Crippen molar-refractivity contribution in [1.82, 2.24) is 4.90 Å². The summed E-state index contributed by atoms with van der Waals surface area (Å²) in [5, 5.41) is 9.20. The molecule has 0 radical (unpaired) electrons. The number of carbonyl (C=O) groups excluding carboxylic acids is 1. The van der Waals surface area contributed by atoms with Gasteiger partial charge < -0.3 is 14.7 Å². The average Bonchev–Trinajstić information content (AvgIpc) is 2.66. The first-order valence-corrected chi connectivity index (χ1v) is 5.67. The second-order valence-electron chi connectivity index (χ2n) is 4.37. The Balaban J connectivity index is 2.39. The molecule has 1 amide bonds. The zero-order chi connectivity index (χ0) is 13.3. The topological polar surface area (TPSA) is 66.8 Å². The van der Waals surface area contributed by atoms with Crippen molar-refractivity contribution in [2.45, 2.75) is 12.5 Å². The molecule has 1 fully saturated rings. The molecule has 5 nitrogen and oxygen atoms in total. The van der Waals surface area contributed by atoms with Crippen molar-refractivity contribution in [2.24, 2.45) is 5.92 Å². The maximum absolute atomic E-state index is 11.7. The van der Waals surface area contributed by atoms with Gasteiger partial charge in [-0.3, -0.25) is 9.59 Å². The van der Waals surface area contributed by atoms with E-state index in [1.807, 2.05) is 6.07 Å². The molecule has 2 rings (SSSR count). The van der Waals surface area contributed by atoms with E-state index in [9.17, 15) is 14.7 Å². The molecule has 1 saturated heterocycles. The van der Waals surface area contributed by atoms with Crippen LogP contribution in [0.25, 0.3) is 0 Å². The molecular weight excluding hydrogens is 234 g/mol. The number of ether oxygens (including phenoxy) is 1. The Bertz CT molecular complexity index is 486. The number of amides is 1. The zero-order valence-electron chi connectivity index (χ0n) is 10.3. The molecule has 0 saturated carbocycles. The fraction of sp³-hybridized carbons (Fsp3) is 0.385. The Morgan fingerprint density at radius 2 is 2.22 bits per heavy atom. The lowest BCUT2D eigenvalue weighted by atomic mass is 9.94. The van der Waals surface area contributed by atoms with E-state index in [2.05, 4.69) is 0 Å². The van der Waals surface area contributed by atoms with Crippen molar-refractivity contribution in [3.05, 3.63) is 29.8 Å². The van der Waals surface area contributed by atoms with Crippen LogP contribution in [0.4, 0.5) is 0 Å². The van der Waals surface area contributed by atoms with Crippen molar-refractivity contribution < 1.29 is 19.4 Å². The summed E-state index contributed by atoms with van der Waals surface area (Å²) in [7, 11) is 3.19. The van der Waals surface area contributed by atoms with E-state index in [1.54, 1.807) is 32.4 Å². The van der Waals surface area contributed by atoms with Gasteiger partial charge in [0.05, 0.1) is 19.1 Å². The number of methoxy groups -OCH3 is 1. The van der Waals surface area contributed by atoms with E-state index in [1.165, 1.54) is 4.90 Å². The van der Waals surface area contributed by atoms with Gasteiger partial charge in [-0.25, -0.2) is 0 Å². The van der Waals surface area contributed by atoms with Gasteiger partial charge in [-0.05, 0) is 17.7 Å². The van der Waals surface area contributed by atoms with Crippen molar-refractivity contribution in [2.75, 3.05) is 14.2 Å². The lowest BCUT2D eigenvalue weighted by Crippen LogP contribution is -2.26. The largest absolute Gasteiger partial charge is 0.497 e. The van der Waals surface area contributed by atoms with E-state index < -0.39 is 17.9 Å². The number of rotatable bonds is 3. The van der Waals surface area contributed by atoms with Crippen LogP contribution in [0.2, 0.25) is 0 Å². The number of benzene rings is 1. The van der Waals surface area contributed by atoms with Gasteiger partial charge in [-0.2, -0.15) is 0 Å². The van der Waals surface area contributed by atoms with Gasteiger partial charge in [0.2, 0.25) is 5.91 Å². The minimum absolute atomic E-state index is 0.0493. The van der Waals surface area contributed by atoms with Gasteiger partial charge in [0.15, 0.2) is 0 Å².